The number of aliphatic hydroxyl groups is 1. The average molecular weight is 565 g/mol. The molecule has 1 fully saturated rings. The number of pyridine rings is 1. The molecular formula is C29H28N2O6S2. The molecule has 2 N–H and O–H groups in total. The van der Waals surface area contributed by atoms with Crippen molar-refractivity contribution in [3.8, 4) is 0 Å². The monoisotopic (exact) mass is 564 g/mol. The van der Waals surface area contributed by atoms with Crippen LogP contribution in [0.3, 0.4) is 0 Å². The van der Waals surface area contributed by atoms with Gasteiger partial charge in [0.25, 0.3) is 15.0 Å². The molecule has 1 aliphatic heterocycles. The summed E-state index contributed by atoms with van der Waals surface area (Å²) in [4.78, 5) is 0.182. The summed E-state index contributed by atoms with van der Waals surface area (Å²) in [5.74, 6) is 0.548. The lowest BCUT2D eigenvalue weighted by atomic mass is 10.0. The van der Waals surface area contributed by atoms with Gasteiger partial charge in [-0.15, -0.1) is 0 Å². The van der Waals surface area contributed by atoms with Gasteiger partial charge >= 0.3 is 0 Å². The summed E-state index contributed by atoms with van der Waals surface area (Å²) >= 11 is 1.42. The van der Waals surface area contributed by atoms with Gasteiger partial charge in [-0.25, -0.2) is 8.42 Å². The molecule has 0 radical (unpaired) electrons. The number of anilines is 1. The van der Waals surface area contributed by atoms with Crippen molar-refractivity contribution < 1.29 is 27.7 Å². The molecule has 1 aliphatic rings. The number of benzene rings is 3. The smallest absolute Gasteiger partial charge is 0.261 e. The maximum atomic E-state index is 12.7. The Hall–Kier alpha value is -3.41. The summed E-state index contributed by atoms with van der Waals surface area (Å²) in [6.45, 7) is -0.0382. The normalized spacial score (nSPS) is 19.5. The molecule has 8 nitrogen and oxygen atoms in total. The van der Waals surface area contributed by atoms with Crippen LogP contribution in [0.15, 0.2) is 113 Å². The largest absolute Gasteiger partial charge is 0.618 e. The lowest BCUT2D eigenvalue weighted by Crippen LogP contribution is -2.32. The molecular weight excluding hydrogens is 536 g/mol. The number of nitrogens with zero attached hydrogens (tertiary/aromatic N) is 1. The van der Waals surface area contributed by atoms with E-state index in [0.717, 1.165) is 21.4 Å². The van der Waals surface area contributed by atoms with Crippen molar-refractivity contribution in [1.82, 2.24) is 0 Å². The summed E-state index contributed by atoms with van der Waals surface area (Å²) in [5, 5.41) is 22.1. The molecule has 5 rings (SSSR count). The second kappa shape index (κ2) is 12.2. The van der Waals surface area contributed by atoms with Gasteiger partial charge in [-0.1, -0.05) is 66.4 Å². The van der Waals surface area contributed by atoms with Crippen molar-refractivity contribution in [2.75, 3.05) is 10.5 Å². The van der Waals surface area contributed by atoms with Gasteiger partial charge in [0.2, 0.25) is 0 Å². The molecule has 4 aromatic rings. The quantitative estimate of drug-likeness (QED) is 0.168. The Balaban J connectivity index is 1.34. The maximum absolute atomic E-state index is 12.7. The van der Waals surface area contributed by atoms with Crippen LogP contribution in [-0.2, 0) is 26.1 Å². The van der Waals surface area contributed by atoms with Crippen molar-refractivity contribution in [2.24, 2.45) is 0 Å². The van der Waals surface area contributed by atoms with Crippen LogP contribution in [-0.4, -0.2) is 25.4 Å². The molecule has 0 saturated carbocycles. The summed E-state index contributed by atoms with van der Waals surface area (Å²) in [6.07, 6.45) is 0.876. The van der Waals surface area contributed by atoms with Gasteiger partial charge in [0.1, 0.15) is 0 Å². The molecule has 2 heterocycles. The van der Waals surface area contributed by atoms with Crippen LogP contribution in [0.1, 0.15) is 35.5 Å². The third kappa shape index (κ3) is 6.78. The highest BCUT2D eigenvalue weighted by molar-refractivity contribution is 7.99. The number of ether oxygens (including phenoxy) is 2. The van der Waals surface area contributed by atoms with Gasteiger partial charge in [0.05, 0.1) is 23.7 Å². The van der Waals surface area contributed by atoms with Gasteiger partial charge in [-0.2, -0.15) is 4.73 Å². The zero-order chi connectivity index (χ0) is 27.2. The van der Waals surface area contributed by atoms with Crippen molar-refractivity contribution in [2.45, 2.75) is 41.4 Å². The molecule has 3 aromatic carbocycles. The second-order valence-corrected chi connectivity index (χ2v) is 11.8. The van der Waals surface area contributed by atoms with Crippen LogP contribution in [0.2, 0.25) is 0 Å². The van der Waals surface area contributed by atoms with Gasteiger partial charge in [0, 0.05) is 35.6 Å². The average Bonchev–Trinajstić information content (AvgIpc) is 2.97. The molecule has 202 valence electrons. The molecule has 0 aliphatic carbocycles. The molecule has 0 amide bonds. The Kier molecular flexibility index (Phi) is 8.49. The highest BCUT2D eigenvalue weighted by Gasteiger charge is 2.32. The molecule has 3 atom stereocenters. The van der Waals surface area contributed by atoms with Gasteiger partial charge in [-0.05, 0) is 41.5 Å². The fourth-order valence-electron chi connectivity index (χ4n) is 4.25. The Bertz CT molecular complexity index is 1480. The minimum Gasteiger partial charge on any atom is -0.618 e. The Morgan fingerprint density at radius 3 is 2.28 bits per heavy atom. The van der Waals surface area contributed by atoms with E-state index in [9.17, 15) is 18.7 Å². The van der Waals surface area contributed by atoms with Crippen molar-refractivity contribution in [1.29, 1.82) is 0 Å². The molecule has 0 spiro atoms. The third-order valence-corrected chi connectivity index (χ3v) is 8.86. The van der Waals surface area contributed by atoms with Crippen molar-refractivity contribution in [3.63, 3.8) is 0 Å². The van der Waals surface area contributed by atoms with Crippen LogP contribution >= 0.6 is 11.8 Å². The number of sulfonamides is 1. The number of aromatic nitrogens is 1. The molecule has 1 aromatic heterocycles. The fourth-order valence-corrected chi connectivity index (χ4v) is 6.26. The Labute approximate surface area is 231 Å². The van der Waals surface area contributed by atoms with Gasteiger partial charge < -0.3 is 19.8 Å². The van der Waals surface area contributed by atoms with Crippen LogP contribution in [0, 0.1) is 5.21 Å². The number of nitrogens with one attached hydrogen (secondary N) is 1. The Morgan fingerprint density at radius 2 is 1.59 bits per heavy atom. The number of aliphatic hydroxyl groups excluding tert-OH is 1. The van der Waals surface area contributed by atoms with Crippen LogP contribution in [0.25, 0.3) is 0 Å². The lowest BCUT2D eigenvalue weighted by molar-refractivity contribution is -0.645. The molecule has 0 unspecified atom stereocenters. The van der Waals surface area contributed by atoms with Gasteiger partial charge in [0.15, 0.2) is 12.5 Å². The predicted molar refractivity (Wildman–Crippen MR) is 148 cm³/mol. The number of hydrogen-bond donors (Lipinski definition) is 2. The van der Waals surface area contributed by atoms with E-state index in [2.05, 4.69) is 4.72 Å². The third-order valence-electron chi connectivity index (χ3n) is 6.31. The topological polar surface area (TPSA) is 112 Å². The first-order chi connectivity index (χ1) is 18.9. The summed E-state index contributed by atoms with van der Waals surface area (Å²) in [7, 11) is -3.71. The minimum atomic E-state index is -3.71. The molecule has 1 saturated heterocycles. The summed E-state index contributed by atoms with van der Waals surface area (Å²) < 4.78 is 41.5. The van der Waals surface area contributed by atoms with E-state index in [1.807, 2.05) is 30.3 Å². The first kappa shape index (κ1) is 27.2. The van der Waals surface area contributed by atoms with E-state index >= 15 is 0 Å². The van der Waals surface area contributed by atoms with Crippen LogP contribution in [0.5, 0.6) is 0 Å². The van der Waals surface area contributed by atoms with E-state index in [4.69, 9.17) is 9.47 Å². The first-order valence-electron chi connectivity index (χ1n) is 12.4. The van der Waals surface area contributed by atoms with E-state index in [1.54, 1.807) is 54.6 Å². The van der Waals surface area contributed by atoms with Crippen molar-refractivity contribution >= 4 is 27.5 Å². The van der Waals surface area contributed by atoms with Gasteiger partial charge in [-0.3, -0.25) is 4.72 Å². The lowest BCUT2D eigenvalue weighted by Gasteiger charge is -2.36. The SMILES string of the molecule is O=S(=O)(Nc1ccc([C@@H]2O[C@H](CSc3cccc[n+]3[O-])C[C@H](c3ccc(CO)cc3)O2)cc1)c1ccccc1. The predicted octanol–water partition coefficient (Wildman–Crippen LogP) is 4.95. The number of thioether (sulfide) groups is 1. The first-order valence-corrected chi connectivity index (χ1v) is 14.9. The molecule has 39 heavy (non-hydrogen) atoms. The standard InChI is InChI=1S/C29H28N2O6S2/c32-19-21-9-11-22(12-10-21)27-18-25(20-38-28-8-4-5-17-31(28)33)36-29(37-27)23-13-15-24(16-14-23)30-39(34,35)26-6-2-1-3-7-26/h1-17,25,27,29-30,32H,18-20H2/t25-,27+,29+/m0/s1. The molecule has 10 heteroatoms. The Morgan fingerprint density at radius 1 is 0.897 bits per heavy atom. The van der Waals surface area contributed by atoms with E-state index in [-0.39, 0.29) is 23.7 Å². The van der Waals surface area contributed by atoms with E-state index in [0.29, 0.717) is 22.9 Å². The van der Waals surface area contributed by atoms with Crippen LogP contribution in [0.4, 0.5) is 5.69 Å². The maximum Gasteiger partial charge on any atom is 0.261 e. The van der Waals surface area contributed by atoms with Crippen LogP contribution < -0.4 is 9.45 Å². The fraction of sp³-hybridized carbons (Fsp3) is 0.207. The summed E-state index contributed by atoms with van der Waals surface area (Å²) in [5.41, 5.74) is 2.93. The van der Waals surface area contributed by atoms with E-state index < -0.39 is 16.3 Å². The van der Waals surface area contributed by atoms with E-state index in [1.165, 1.54) is 30.1 Å². The highest BCUT2D eigenvalue weighted by atomic mass is 32.2. The van der Waals surface area contributed by atoms with Crippen molar-refractivity contribution in [3.05, 3.63) is 125 Å². The minimum absolute atomic E-state index is 0.0382. The highest BCUT2D eigenvalue weighted by Crippen LogP contribution is 2.39. The molecule has 0 bridgehead atoms. The number of rotatable bonds is 9. The zero-order valence-electron chi connectivity index (χ0n) is 20.9. The zero-order valence-corrected chi connectivity index (χ0v) is 22.6. The number of hydrogen-bond acceptors (Lipinski definition) is 7. The second-order valence-electron chi connectivity index (χ2n) is 9.07. The summed E-state index contributed by atoms with van der Waals surface area (Å²) in [6, 6.07) is 28.0.